The number of carbonyl (C=O) groups is 1. The van der Waals surface area contributed by atoms with E-state index in [0.717, 1.165) is 12.0 Å². The van der Waals surface area contributed by atoms with E-state index in [-0.39, 0.29) is 17.9 Å². The fraction of sp³-hybridized carbons (Fsp3) is 0.500. The summed E-state index contributed by atoms with van der Waals surface area (Å²) in [6, 6.07) is 5.38. The molecular weight excluding hydrogens is 285 g/mol. The first-order valence-corrected chi connectivity index (χ1v) is 7.22. The highest BCUT2D eigenvalue weighted by atomic mass is 35.5. The molecule has 0 aromatic heterocycles. The molecular formula is C14H17Cl2NO2. The number of aliphatic hydroxyl groups excluding tert-OH is 1. The van der Waals surface area contributed by atoms with E-state index < -0.39 is 0 Å². The number of hydrogen-bond donors (Lipinski definition) is 2. The summed E-state index contributed by atoms with van der Waals surface area (Å²) in [6.07, 6.45) is 2.33. The summed E-state index contributed by atoms with van der Waals surface area (Å²) in [5.74, 6) is -0.0450. The van der Waals surface area contributed by atoms with Crippen molar-refractivity contribution in [2.45, 2.75) is 31.8 Å². The predicted octanol–water partition coefficient (Wildman–Crippen LogP) is 2.81. The zero-order valence-electron chi connectivity index (χ0n) is 10.5. The third-order valence-electron chi connectivity index (χ3n) is 3.51. The fourth-order valence-electron chi connectivity index (χ4n) is 2.42. The predicted molar refractivity (Wildman–Crippen MR) is 76.5 cm³/mol. The SMILES string of the molecule is O=C(NCCc1c(Cl)cccc1Cl)[C@@H]1CC[C@@H](O)C1. The molecule has 0 spiro atoms. The number of nitrogens with one attached hydrogen (secondary N) is 1. The fourth-order valence-corrected chi connectivity index (χ4v) is 3.01. The Hall–Kier alpha value is -0.770. The van der Waals surface area contributed by atoms with E-state index in [9.17, 15) is 9.90 Å². The minimum absolute atomic E-state index is 0.0136. The van der Waals surface area contributed by atoms with Crippen molar-refractivity contribution in [1.29, 1.82) is 0 Å². The van der Waals surface area contributed by atoms with Gasteiger partial charge in [-0.1, -0.05) is 29.3 Å². The van der Waals surface area contributed by atoms with Crippen LogP contribution in [0.3, 0.4) is 0 Å². The van der Waals surface area contributed by atoms with Gasteiger partial charge in [0.05, 0.1) is 6.10 Å². The number of aliphatic hydroxyl groups is 1. The molecule has 2 atom stereocenters. The molecule has 3 nitrogen and oxygen atoms in total. The van der Waals surface area contributed by atoms with Gasteiger partial charge in [0.15, 0.2) is 0 Å². The molecule has 1 aliphatic rings. The average Bonchev–Trinajstić information content (AvgIpc) is 2.79. The minimum atomic E-state index is -0.325. The zero-order chi connectivity index (χ0) is 13.8. The summed E-state index contributed by atoms with van der Waals surface area (Å²) in [7, 11) is 0. The molecule has 2 rings (SSSR count). The van der Waals surface area contributed by atoms with Crippen molar-refractivity contribution in [3.05, 3.63) is 33.8 Å². The molecule has 0 unspecified atom stereocenters. The molecule has 1 aromatic carbocycles. The quantitative estimate of drug-likeness (QED) is 0.898. The van der Waals surface area contributed by atoms with Crippen molar-refractivity contribution < 1.29 is 9.90 Å². The van der Waals surface area contributed by atoms with Crippen LogP contribution < -0.4 is 5.32 Å². The number of carbonyl (C=O) groups excluding carboxylic acids is 1. The van der Waals surface area contributed by atoms with Gasteiger partial charge in [0.1, 0.15) is 0 Å². The van der Waals surface area contributed by atoms with Gasteiger partial charge in [-0.05, 0) is 43.4 Å². The van der Waals surface area contributed by atoms with Crippen molar-refractivity contribution in [1.82, 2.24) is 5.32 Å². The van der Waals surface area contributed by atoms with Crippen molar-refractivity contribution in [3.63, 3.8) is 0 Å². The minimum Gasteiger partial charge on any atom is -0.393 e. The van der Waals surface area contributed by atoms with Crippen molar-refractivity contribution >= 4 is 29.1 Å². The molecule has 0 heterocycles. The lowest BCUT2D eigenvalue weighted by molar-refractivity contribution is -0.125. The third-order valence-corrected chi connectivity index (χ3v) is 4.22. The Balaban J connectivity index is 1.82. The van der Waals surface area contributed by atoms with Gasteiger partial charge in [0.2, 0.25) is 5.91 Å². The maximum atomic E-state index is 11.9. The normalized spacial score (nSPS) is 22.5. The third kappa shape index (κ3) is 3.85. The van der Waals surface area contributed by atoms with Gasteiger partial charge in [-0.3, -0.25) is 4.79 Å². The Morgan fingerprint density at radius 3 is 2.58 bits per heavy atom. The second kappa shape index (κ2) is 6.60. The highest BCUT2D eigenvalue weighted by Crippen LogP contribution is 2.26. The molecule has 2 N–H and O–H groups in total. The number of halogens is 2. The van der Waals surface area contributed by atoms with Crippen LogP contribution >= 0.6 is 23.2 Å². The number of hydrogen-bond acceptors (Lipinski definition) is 2. The van der Waals surface area contributed by atoms with Crippen LogP contribution in [0.2, 0.25) is 10.0 Å². The second-order valence-corrected chi connectivity index (χ2v) is 5.72. The molecule has 0 saturated heterocycles. The summed E-state index contributed by atoms with van der Waals surface area (Å²) in [4.78, 5) is 11.9. The molecule has 1 amide bonds. The smallest absolute Gasteiger partial charge is 0.223 e. The van der Waals surface area contributed by atoms with Crippen LogP contribution in [0.1, 0.15) is 24.8 Å². The highest BCUT2D eigenvalue weighted by Gasteiger charge is 2.28. The van der Waals surface area contributed by atoms with Gasteiger partial charge >= 0.3 is 0 Å². The van der Waals surface area contributed by atoms with Crippen molar-refractivity contribution in [3.8, 4) is 0 Å². The molecule has 1 saturated carbocycles. The first kappa shape index (κ1) is 14.6. The molecule has 5 heteroatoms. The first-order chi connectivity index (χ1) is 9.08. The Bertz CT molecular complexity index is 445. The van der Waals surface area contributed by atoms with Crippen LogP contribution in [-0.4, -0.2) is 23.7 Å². The van der Waals surface area contributed by atoms with Crippen LogP contribution in [0.5, 0.6) is 0 Å². The standard InChI is InChI=1S/C14H17Cl2NO2/c15-12-2-1-3-13(16)11(12)6-7-17-14(19)9-4-5-10(18)8-9/h1-3,9-10,18H,4-8H2,(H,17,19)/t9-,10-/m1/s1. The topological polar surface area (TPSA) is 49.3 Å². The van der Waals surface area contributed by atoms with Crippen molar-refractivity contribution in [2.75, 3.05) is 6.54 Å². The summed E-state index contributed by atoms with van der Waals surface area (Å²) >= 11 is 12.1. The first-order valence-electron chi connectivity index (χ1n) is 6.46. The summed E-state index contributed by atoms with van der Waals surface area (Å²) < 4.78 is 0. The molecule has 0 aliphatic heterocycles. The van der Waals surface area contributed by atoms with Crippen molar-refractivity contribution in [2.24, 2.45) is 5.92 Å². The van der Waals surface area contributed by atoms with Gasteiger partial charge in [-0.25, -0.2) is 0 Å². The van der Waals surface area contributed by atoms with Gasteiger partial charge in [-0.2, -0.15) is 0 Å². The monoisotopic (exact) mass is 301 g/mol. The van der Waals surface area contributed by atoms with Crippen LogP contribution in [0.4, 0.5) is 0 Å². The van der Waals surface area contributed by atoms with Gasteiger partial charge in [0.25, 0.3) is 0 Å². The number of amides is 1. The van der Waals surface area contributed by atoms with E-state index in [4.69, 9.17) is 23.2 Å². The lowest BCUT2D eigenvalue weighted by Crippen LogP contribution is -2.31. The average molecular weight is 302 g/mol. The molecule has 0 bridgehead atoms. The largest absolute Gasteiger partial charge is 0.393 e. The molecule has 104 valence electrons. The van der Waals surface area contributed by atoms with Crippen LogP contribution in [0.15, 0.2) is 18.2 Å². The maximum absolute atomic E-state index is 11.9. The van der Waals surface area contributed by atoms with Gasteiger partial charge in [0, 0.05) is 22.5 Å². The number of rotatable bonds is 4. The van der Waals surface area contributed by atoms with Crippen LogP contribution in [-0.2, 0) is 11.2 Å². The lowest BCUT2D eigenvalue weighted by Gasteiger charge is -2.11. The van der Waals surface area contributed by atoms with E-state index >= 15 is 0 Å². The number of benzene rings is 1. The van der Waals surface area contributed by atoms with Gasteiger partial charge in [-0.15, -0.1) is 0 Å². The van der Waals surface area contributed by atoms with E-state index in [0.29, 0.717) is 35.9 Å². The molecule has 0 radical (unpaired) electrons. The van der Waals surface area contributed by atoms with Crippen LogP contribution in [0, 0.1) is 5.92 Å². The summed E-state index contributed by atoms with van der Waals surface area (Å²) in [5.41, 5.74) is 0.859. The molecule has 1 fully saturated rings. The Morgan fingerprint density at radius 2 is 2.00 bits per heavy atom. The van der Waals surface area contributed by atoms with Gasteiger partial charge < -0.3 is 10.4 Å². The Kier molecular flexibility index (Phi) is 5.08. The zero-order valence-corrected chi connectivity index (χ0v) is 12.0. The maximum Gasteiger partial charge on any atom is 0.223 e. The van der Waals surface area contributed by atoms with E-state index in [1.165, 1.54) is 0 Å². The second-order valence-electron chi connectivity index (χ2n) is 4.91. The Labute approximate surface area is 122 Å². The molecule has 19 heavy (non-hydrogen) atoms. The lowest BCUT2D eigenvalue weighted by atomic mass is 10.1. The van der Waals surface area contributed by atoms with Crippen LogP contribution in [0.25, 0.3) is 0 Å². The summed E-state index contributed by atoms with van der Waals surface area (Å²) in [6.45, 7) is 0.509. The van der Waals surface area contributed by atoms with E-state index in [1.807, 2.05) is 0 Å². The summed E-state index contributed by atoms with van der Waals surface area (Å²) in [5, 5.41) is 13.5. The molecule has 1 aromatic rings. The Morgan fingerprint density at radius 1 is 1.32 bits per heavy atom. The highest BCUT2D eigenvalue weighted by molar-refractivity contribution is 6.35. The van der Waals surface area contributed by atoms with E-state index in [2.05, 4.69) is 5.32 Å². The van der Waals surface area contributed by atoms with E-state index in [1.54, 1.807) is 18.2 Å². The molecule has 1 aliphatic carbocycles.